The number of rotatable bonds is 6. The molecule has 5 heteroatoms. The second-order valence-electron chi connectivity index (χ2n) is 5.65. The first-order valence-corrected chi connectivity index (χ1v) is 8.19. The molecule has 3 rings (SSSR count). The van der Waals surface area contributed by atoms with Gasteiger partial charge in [-0.15, -0.1) is 0 Å². The highest BCUT2D eigenvalue weighted by molar-refractivity contribution is 5.73. The van der Waals surface area contributed by atoms with Crippen molar-refractivity contribution >= 4 is 11.8 Å². The number of nitriles is 1. The Balaban J connectivity index is 1.75. The van der Waals surface area contributed by atoms with Crippen molar-refractivity contribution in [3.8, 4) is 17.3 Å². The van der Waals surface area contributed by atoms with E-state index in [1.165, 1.54) is 5.56 Å². The molecule has 5 nitrogen and oxygen atoms in total. The molecule has 3 aromatic rings. The van der Waals surface area contributed by atoms with Gasteiger partial charge in [-0.2, -0.15) is 10.2 Å². The quantitative estimate of drug-likeness (QED) is 0.674. The molecule has 0 amide bonds. The summed E-state index contributed by atoms with van der Waals surface area (Å²) >= 11 is 0. The third kappa shape index (κ3) is 4.12. The summed E-state index contributed by atoms with van der Waals surface area (Å²) in [7, 11) is 0. The number of benzene rings is 2. The van der Waals surface area contributed by atoms with Crippen LogP contribution in [0, 0.1) is 11.3 Å². The summed E-state index contributed by atoms with van der Waals surface area (Å²) in [6.45, 7) is 0.703. The van der Waals surface area contributed by atoms with Crippen LogP contribution >= 0.6 is 0 Å². The summed E-state index contributed by atoms with van der Waals surface area (Å²) in [5.74, 6) is 0.644. The Morgan fingerprint density at radius 2 is 1.64 bits per heavy atom. The summed E-state index contributed by atoms with van der Waals surface area (Å²) in [4.78, 5) is 8.46. The summed E-state index contributed by atoms with van der Waals surface area (Å²) in [6.07, 6.45) is 1.89. The van der Waals surface area contributed by atoms with Crippen molar-refractivity contribution in [2.75, 3.05) is 17.6 Å². The number of aromatic nitrogens is 2. The molecule has 0 bridgehead atoms. The zero-order chi connectivity index (χ0) is 17.5. The van der Waals surface area contributed by atoms with E-state index >= 15 is 0 Å². The van der Waals surface area contributed by atoms with Gasteiger partial charge in [-0.05, 0) is 18.4 Å². The topological polar surface area (TPSA) is 87.6 Å². The van der Waals surface area contributed by atoms with Crippen LogP contribution in [-0.2, 0) is 6.42 Å². The van der Waals surface area contributed by atoms with Crippen LogP contribution in [0.25, 0.3) is 11.3 Å². The number of nitrogens with two attached hydrogens (primary N) is 1. The number of nitrogens with one attached hydrogen (secondary N) is 1. The SMILES string of the molecule is N#Cc1c(NCCCc2ccccc2)nc(N)nc1-c1ccccc1. The van der Waals surface area contributed by atoms with Crippen LogP contribution in [0.5, 0.6) is 0 Å². The lowest BCUT2D eigenvalue weighted by molar-refractivity contribution is 0.858. The second-order valence-corrected chi connectivity index (χ2v) is 5.65. The molecule has 2 aromatic carbocycles. The first kappa shape index (κ1) is 16.5. The second kappa shape index (κ2) is 7.93. The molecular weight excluding hydrogens is 310 g/mol. The molecule has 0 saturated heterocycles. The molecule has 0 aliphatic carbocycles. The van der Waals surface area contributed by atoms with E-state index in [0.29, 0.717) is 23.6 Å². The number of hydrogen-bond donors (Lipinski definition) is 2. The van der Waals surface area contributed by atoms with Gasteiger partial charge < -0.3 is 11.1 Å². The predicted molar refractivity (Wildman–Crippen MR) is 99.8 cm³/mol. The molecule has 1 aromatic heterocycles. The minimum Gasteiger partial charge on any atom is -0.369 e. The number of nitrogens with zero attached hydrogens (tertiary/aromatic N) is 3. The van der Waals surface area contributed by atoms with Gasteiger partial charge in [-0.3, -0.25) is 0 Å². The van der Waals surface area contributed by atoms with Crippen LogP contribution < -0.4 is 11.1 Å². The van der Waals surface area contributed by atoms with Gasteiger partial charge in [0.2, 0.25) is 5.95 Å². The molecule has 0 radical (unpaired) electrons. The van der Waals surface area contributed by atoms with E-state index in [9.17, 15) is 5.26 Å². The van der Waals surface area contributed by atoms with Crippen LogP contribution in [0.3, 0.4) is 0 Å². The zero-order valence-corrected chi connectivity index (χ0v) is 13.8. The van der Waals surface area contributed by atoms with Crippen molar-refractivity contribution in [1.29, 1.82) is 5.26 Å². The van der Waals surface area contributed by atoms with E-state index in [0.717, 1.165) is 18.4 Å². The van der Waals surface area contributed by atoms with Gasteiger partial charge in [0.25, 0.3) is 0 Å². The molecule has 3 N–H and O–H groups in total. The molecule has 0 unspecified atom stereocenters. The van der Waals surface area contributed by atoms with Crippen LogP contribution in [0.2, 0.25) is 0 Å². The highest BCUT2D eigenvalue weighted by Crippen LogP contribution is 2.26. The first-order chi connectivity index (χ1) is 12.3. The Hall–Kier alpha value is -3.39. The molecule has 0 aliphatic rings. The zero-order valence-electron chi connectivity index (χ0n) is 13.8. The van der Waals surface area contributed by atoms with E-state index in [-0.39, 0.29) is 5.95 Å². The number of nitrogen functional groups attached to an aromatic ring is 1. The Labute approximate surface area is 147 Å². The van der Waals surface area contributed by atoms with E-state index in [4.69, 9.17) is 5.73 Å². The van der Waals surface area contributed by atoms with E-state index in [1.54, 1.807) is 0 Å². The van der Waals surface area contributed by atoms with Gasteiger partial charge in [-0.1, -0.05) is 60.7 Å². The number of anilines is 2. The molecule has 25 heavy (non-hydrogen) atoms. The smallest absolute Gasteiger partial charge is 0.222 e. The molecule has 0 fully saturated rings. The van der Waals surface area contributed by atoms with E-state index < -0.39 is 0 Å². The lowest BCUT2D eigenvalue weighted by Gasteiger charge is -2.11. The fourth-order valence-electron chi connectivity index (χ4n) is 2.66. The van der Waals surface area contributed by atoms with Gasteiger partial charge in [0, 0.05) is 12.1 Å². The van der Waals surface area contributed by atoms with Crippen LogP contribution in [-0.4, -0.2) is 16.5 Å². The van der Waals surface area contributed by atoms with E-state index in [2.05, 4.69) is 33.5 Å². The van der Waals surface area contributed by atoms with Gasteiger partial charge in [-0.25, -0.2) is 4.98 Å². The fourth-order valence-corrected chi connectivity index (χ4v) is 2.66. The Kier molecular flexibility index (Phi) is 5.22. The highest BCUT2D eigenvalue weighted by atomic mass is 15.1. The van der Waals surface area contributed by atoms with Crippen molar-refractivity contribution in [2.24, 2.45) is 0 Å². The molecule has 0 spiro atoms. The lowest BCUT2D eigenvalue weighted by atomic mass is 10.1. The molecule has 0 saturated carbocycles. The van der Waals surface area contributed by atoms with Crippen molar-refractivity contribution < 1.29 is 0 Å². The van der Waals surface area contributed by atoms with Gasteiger partial charge in [0.05, 0.1) is 5.69 Å². The van der Waals surface area contributed by atoms with Crippen LogP contribution in [0.4, 0.5) is 11.8 Å². The van der Waals surface area contributed by atoms with Gasteiger partial charge >= 0.3 is 0 Å². The maximum absolute atomic E-state index is 9.58. The van der Waals surface area contributed by atoms with Crippen LogP contribution in [0.1, 0.15) is 17.5 Å². The molecule has 1 heterocycles. The Morgan fingerprint density at radius 3 is 2.32 bits per heavy atom. The first-order valence-electron chi connectivity index (χ1n) is 8.19. The molecular formula is C20H19N5. The predicted octanol–water partition coefficient (Wildman–Crippen LogP) is 3.64. The third-order valence-electron chi connectivity index (χ3n) is 3.86. The largest absolute Gasteiger partial charge is 0.369 e. The Bertz CT molecular complexity index is 870. The van der Waals surface area contributed by atoms with Crippen LogP contribution in [0.15, 0.2) is 60.7 Å². The van der Waals surface area contributed by atoms with Crippen molar-refractivity contribution in [3.63, 3.8) is 0 Å². The summed E-state index contributed by atoms with van der Waals surface area (Å²) in [5, 5.41) is 12.8. The van der Waals surface area contributed by atoms with Gasteiger partial charge in [0.1, 0.15) is 17.5 Å². The summed E-state index contributed by atoms with van der Waals surface area (Å²) in [5.41, 5.74) is 8.95. The van der Waals surface area contributed by atoms with Crippen molar-refractivity contribution in [1.82, 2.24) is 9.97 Å². The Morgan fingerprint density at radius 1 is 0.960 bits per heavy atom. The highest BCUT2D eigenvalue weighted by Gasteiger charge is 2.14. The van der Waals surface area contributed by atoms with Gasteiger partial charge in [0.15, 0.2) is 0 Å². The average Bonchev–Trinajstić information content (AvgIpc) is 2.66. The maximum Gasteiger partial charge on any atom is 0.222 e. The average molecular weight is 329 g/mol. The van der Waals surface area contributed by atoms with E-state index in [1.807, 2.05) is 48.5 Å². The normalized spacial score (nSPS) is 10.2. The molecule has 0 atom stereocenters. The molecule has 124 valence electrons. The standard InChI is InChI=1S/C20H19N5/c21-14-17-18(16-11-5-2-6-12-16)24-20(22)25-19(17)23-13-7-10-15-8-3-1-4-9-15/h1-6,8-9,11-12H,7,10,13H2,(H3,22,23,24,25). The fraction of sp³-hybridized carbons (Fsp3) is 0.150. The van der Waals surface area contributed by atoms with Crippen molar-refractivity contribution in [2.45, 2.75) is 12.8 Å². The minimum absolute atomic E-state index is 0.156. The summed E-state index contributed by atoms with van der Waals surface area (Å²) in [6, 6.07) is 22.0. The third-order valence-corrected chi connectivity index (χ3v) is 3.86. The minimum atomic E-state index is 0.156. The monoisotopic (exact) mass is 329 g/mol. The van der Waals surface area contributed by atoms with Crippen molar-refractivity contribution in [3.05, 3.63) is 71.8 Å². The lowest BCUT2D eigenvalue weighted by Crippen LogP contribution is -2.10. The molecule has 0 aliphatic heterocycles. The maximum atomic E-state index is 9.58. The number of aryl methyl sites for hydroxylation is 1. The number of hydrogen-bond acceptors (Lipinski definition) is 5. The summed E-state index contributed by atoms with van der Waals surface area (Å²) < 4.78 is 0.